The molecule has 0 amide bonds. The molecule has 1 fully saturated rings. The fourth-order valence-corrected chi connectivity index (χ4v) is 1.90. The summed E-state index contributed by atoms with van der Waals surface area (Å²) in [6, 6.07) is 5.50. The van der Waals surface area contributed by atoms with Gasteiger partial charge in [-0.25, -0.2) is 0 Å². The molecule has 1 aromatic heterocycles. The Kier molecular flexibility index (Phi) is 3.97. The molecular formula is C12H16N2O2. The molecule has 0 radical (unpaired) electrons. The highest BCUT2D eigenvalue weighted by molar-refractivity contribution is 5.18. The van der Waals surface area contributed by atoms with Crippen molar-refractivity contribution in [1.82, 2.24) is 5.32 Å². The quantitative estimate of drug-likeness (QED) is 0.838. The van der Waals surface area contributed by atoms with E-state index in [1.807, 2.05) is 12.1 Å². The molecule has 1 aromatic rings. The first-order chi connectivity index (χ1) is 7.88. The molecule has 0 aliphatic carbocycles. The second kappa shape index (κ2) is 5.69. The number of nitrogens with zero attached hydrogens (tertiary/aromatic N) is 1. The zero-order valence-corrected chi connectivity index (χ0v) is 9.24. The molecule has 16 heavy (non-hydrogen) atoms. The Balaban J connectivity index is 1.69. The van der Waals surface area contributed by atoms with Gasteiger partial charge in [0.25, 0.3) is 0 Å². The van der Waals surface area contributed by atoms with Gasteiger partial charge in [0.1, 0.15) is 11.8 Å². The number of nitrogens with one attached hydrogen (secondary N) is 1. The van der Waals surface area contributed by atoms with Crippen molar-refractivity contribution in [3.8, 4) is 6.07 Å². The minimum Gasteiger partial charge on any atom is -0.449 e. The van der Waals surface area contributed by atoms with Crippen LogP contribution in [0.4, 0.5) is 0 Å². The Morgan fingerprint density at radius 1 is 1.50 bits per heavy atom. The molecule has 0 spiro atoms. The fourth-order valence-electron chi connectivity index (χ4n) is 1.90. The highest BCUT2D eigenvalue weighted by atomic mass is 16.5. The molecule has 2 rings (SSSR count). The molecule has 0 bridgehead atoms. The maximum Gasteiger partial charge on any atom is 0.203 e. The lowest BCUT2D eigenvalue weighted by molar-refractivity contribution is 0.0546. The van der Waals surface area contributed by atoms with Gasteiger partial charge in [0, 0.05) is 13.2 Å². The van der Waals surface area contributed by atoms with E-state index in [0.29, 0.717) is 18.2 Å². The molecule has 1 unspecified atom stereocenters. The van der Waals surface area contributed by atoms with Crippen molar-refractivity contribution < 1.29 is 9.15 Å². The first kappa shape index (κ1) is 11.2. The van der Waals surface area contributed by atoms with Crippen LogP contribution in [-0.4, -0.2) is 19.8 Å². The van der Waals surface area contributed by atoms with Crippen molar-refractivity contribution in [1.29, 1.82) is 5.26 Å². The van der Waals surface area contributed by atoms with E-state index in [1.54, 1.807) is 6.07 Å². The summed E-state index contributed by atoms with van der Waals surface area (Å²) < 4.78 is 10.7. The first-order valence-electron chi connectivity index (χ1n) is 5.66. The van der Waals surface area contributed by atoms with E-state index in [4.69, 9.17) is 14.4 Å². The zero-order chi connectivity index (χ0) is 11.2. The van der Waals surface area contributed by atoms with E-state index < -0.39 is 0 Å². The molecule has 1 atom stereocenters. The Morgan fingerprint density at radius 3 is 3.12 bits per heavy atom. The molecule has 4 nitrogen and oxygen atoms in total. The molecule has 1 N–H and O–H groups in total. The van der Waals surface area contributed by atoms with Crippen LogP contribution in [0.2, 0.25) is 0 Å². The summed E-state index contributed by atoms with van der Waals surface area (Å²) in [7, 11) is 0. The van der Waals surface area contributed by atoms with Gasteiger partial charge in [-0.05, 0) is 30.9 Å². The predicted molar refractivity (Wildman–Crippen MR) is 58.7 cm³/mol. The molecular weight excluding hydrogens is 204 g/mol. The van der Waals surface area contributed by atoms with E-state index >= 15 is 0 Å². The topological polar surface area (TPSA) is 58.2 Å². The van der Waals surface area contributed by atoms with Gasteiger partial charge < -0.3 is 14.5 Å². The van der Waals surface area contributed by atoms with Crippen LogP contribution < -0.4 is 5.32 Å². The van der Waals surface area contributed by atoms with Gasteiger partial charge in [0.05, 0.1) is 13.2 Å². The summed E-state index contributed by atoms with van der Waals surface area (Å²) in [4.78, 5) is 0. The molecule has 1 saturated heterocycles. The van der Waals surface area contributed by atoms with Crippen molar-refractivity contribution in [3.05, 3.63) is 23.7 Å². The van der Waals surface area contributed by atoms with Gasteiger partial charge in [-0.2, -0.15) is 5.26 Å². The Morgan fingerprint density at radius 2 is 2.44 bits per heavy atom. The van der Waals surface area contributed by atoms with Crippen LogP contribution in [0.1, 0.15) is 24.4 Å². The Hall–Kier alpha value is -1.31. The third kappa shape index (κ3) is 3.09. The van der Waals surface area contributed by atoms with E-state index in [2.05, 4.69) is 5.32 Å². The molecule has 1 aliphatic heterocycles. The maximum absolute atomic E-state index is 8.60. The van der Waals surface area contributed by atoms with Crippen molar-refractivity contribution in [2.75, 3.05) is 19.8 Å². The predicted octanol–water partition coefficient (Wildman–Crippen LogP) is 1.67. The van der Waals surface area contributed by atoms with Gasteiger partial charge in [-0.1, -0.05) is 0 Å². The lowest BCUT2D eigenvalue weighted by Gasteiger charge is -2.21. The van der Waals surface area contributed by atoms with Crippen LogP contribution in [0.3, 0.4) is 0 Å². The maximum atomic E-state index is 8.60. The second-order valence-corrected chi connectivity index (χ2v) is 4.09. The summed E-state index contributed by atoms with van der Waals surface area (Å²) in [5, 5.41) is 11.9. The van der Waals surface area contributed by atoms with Crippen molar-refractivity contribution >= 4 is 0 Å². The normalized spacial score (nSPS) is 20.6. The highest BCUT2D eigenvalue weighted by Crippen LogP contribution is 2.12. The summed E-state index contributed by atoms with van der Waals surface area (Å²) >= 11 is 0. The highest BCUT2D eigenvalue weighted by Gasteiger charge is 2.13. The minimum absolute atomic E-state index is 0.373. The van der Waals surface area contributed by atoms with Gasteiger partial charge in [-0.15, -0.1) is 0 Å². The summed E-state index contributed by atoms with van der Waals surface area (Å²) in [5.41, 5.74) is 0. The lowest BCUT2D eigenvalue weighted by Crippen LogP contribution is -2.28. The van der Waals surface area contributed by atoms with Crippen LogP contribution in [0.15, 0.2) is 16.5 Å². The summed E-state index contributed by atoms with van der Waals surface area (Å²) in [6.45, 7) is 3.38. The molecule has 2 heterocycles. The number of ether oxygens (including phenoxy) is 1. The molecule has 4 heteroatoms. The van der Waals surface area contributed by atoms with Gasteiger partial charge in [0.15, 0.2) is 0 Å². The van der Waals surface area contributed by atoms with Gasteiger partial charge in [0.2, 0.25) is 5.76 Å². The summed E-state index contributed by atoms with van der Waals surface area (Å²) in [5.74, 6) is 1.80. The third-order valence-electron chi connectivity index (χ3n) is 2.76. The smallest absolute Gasteiger partial charge is 0.203 e. The Bertz CT molecular complexity index is 361. The van der Waals surface area contributed by atoms with E-state index in [9.17, 15) is 0 Å². The number of hydrogen-bond donors (Lipinski definition) is 1. The standard InChI is InChI=1S/C12H16N2O2/c13-6-11-3-4-12(16-11)8-14-7-10-2-1-5-15-9-10/h3-4,10,14H,1-2,5,7-9H2. The monoisotopic (exact) mass is 220 g/mol. The fraction of sp³-hybridized carbons (Fsp3) is 0.583. The van der Waals surface area contributed by atoms with Gasteiger partial charge in [-0.3, -0.25) is 0 Å². The van der Waals surface area contributed by atoms with Crippen LogP contribution in [-0.2, 0) is 11.3 Å². The molecule has 0 saturated carbocycles. The van der Waals surface area contributed by atoms with Crippen molar-refractivity contribution in [2.45, 2.75) is 19.4 Å². The number of nitriles is 1. The van der Waals surface area contributed by atoms with Crippen molar-refractivity contribution in [2.24, 2.45) is 5.92 Å². The van der Waals surface area contributed by atoms with E-state index in [1.165, 1.54) is 6.42 Å². The van der Waals surface area contributed by atoms with E-state index in [-0.39, 0.29) is 0 Å². The summed E-state index contributed by atoms with van der Waals surface area (Å²) in [6.07, 6.45) is 2.39. The Labute approximate surface area is 95.2 Å². The molecule has 86 valence electrons. The van der Waals surface area contributed by atoms with Crippen LogP contribution >= 0.6 is 0 Å². The minimum atomic E-state index is 0.373. The van der Waals surface area contributed by atoms with Gasteiger partial charge >= 0.3 is 0 Å². The number of rotatable bonds is 4. The number of furan rings is 1. The molecule has 0 aromatic carbocycles. The van der Waals surface area contributed by atoms with E-state index in [0.717, 1.165) is 31.9 Å². The third-order valence-corrected chi connectivity index (χ3v) is 2.76. The SMILES string of the molecule is N#Cc1ccc(CNCC2CCCOC2)o1. The average Bonchev–Trinajstić information content (AvgIpc) is 2.78. The zero-order valence-electron chi connectivity index (χ0n) is 9.24. The van der Waals surface area contributed by atoms with Crippen LogP contribution in [0, 0.1) is 17.2 Å². The largest absolute Gasteiger partial charge is 0.449 e. The molecule has 1 aliphatic rings. The second-order valence-electron chi connectivity index (χ2n) is 4.09. The first-order valence-corrected chi connectivity index (χ1v) is 5.66. The van der Waals surface area contributed by atoms with Crippen LogP contribution in [0.25, 0.3) is 0 Å². The lowest BCUT2D eigenvalue weighted by atomic mass is 10.0. The van der Waals surface area contributed by atoms with Crippen LogP contribution in [0.5, 0.6) is 0 Å². The number of hydrogen-bond acceptors (Lipinski definition) is 4. The average molecular weight is 220 g/mol. The van der Waals surface area contributed by atoms with Crippen molar-refractivity contribution in [3.63, 3.8) is 0 Å².